The van der Waals surface area contributed by atoms with E-state index in [1.807, 2.05) is 6.20 Å². The van der Waals surface area contributed by atoms with E-state index >= 15 is 0 Å². The van der Waals surface area contributed by atoms with Gasteiger partial charge < -0.3 is 14.4 Å². The number of likely N-dealkylation sites (N-methyl/N-ethyl adjacent to an activating group) is 1. The lowest BCUT2D eigenvalue weighted by Gasteiger charge is -2.32. The molecule has 3 heterocycles. The van der Waals surface area contributed by atoms with Gasteiger partial charge in [0.25, 0.3) is 0 Å². The van der Waals surface area contributed by atoms with Crippen LogP contribution in [0.3, 0.4) is 0 Å². The van der Waals surface area contributed by atoms with Gasteiger partial charge in [-0.2, -0.15) is 0 Å². The van der Waals surface area contributed by atoms with Crippen LogP contribution in [-0.2, 0) is 13.0 Å². The Morgan fingerprint density at radius 3 is 3.00 bits per heavy atom. The fourth-order valence-electron chi connectivity index (χ4n) is 3.23. The molecule has 7 heteroatoms. The summed E-state index contributed by atoms with van der Waals surface area (Å²) in [5, 5.41) is 11.0. The SMILES string of the molecule is CCCc1nnc(N2CCCC(c3nccn3CCN(C)C)C2)s1. The summed E-state index contributed by atoms with van der Waals surface area (Å²) in [5.41, 5.74) is 0. The number of imidazole rings is 1. The predicted molar refractivity (Wildman–Crippen MR) is 98.9 cm³/mol. The summed E-state index contributed by atoms with van der Waals surface area (Å²) in [7, 11) is 4.23. The number of anilines is 1. The lowest BCUT2D eigenvalue weighted by Crippen LogP contribution is -2.35. The topological polar surface area (TPSA) is 50.1 Å². The zero-order valence-corrected chi connectivity index (χ0v) is 15.8. The maximum atomic E-state index is 4.67. The van der Waals surface area contributed by atoms with Crippen LogP contribution in [0.5, 0.6) is 0 Å². The predicted octanol–water partition coefficient (Wildman–Crippen LogP) is 2.63. The van der Waals surface area contributed by atoms with Gasteiger partial charge in [0.1, 0.15) is 10.8 Å². The van der Waals surface area contributed by atoms with Crippen LogP contribution in [0.15, 0.2) is 12.4 Å². The van der Waals surface area contributed by atoms with Gasteiger partial charge in [0.15, 0.2) is 0 Å². The molecule has 1 saturated heterocycles. The summed E-state index contributed by atoms with van der Waals surface area (Å²) in [6, 6.07) is 0. The van der Waals surface area contributed by atoms with Crippen LogP contribution < -0.4 is 4.90 Å². The quantitative estimate of drug-likeness (QED) is 0.770. The van der Waals surface area contributed by atoms with Crippen LogP contribution in [0, 0.1) is 0 Å². The minimum absolute atomic E-state index is 0.481. The van der Waals surface area contributed by atoms with Gasteiger partial charge in [-0.15, -0.1) is 10.2 Å². The third-order valence-corrected chi connectivity index (χ3v) is 5.56. The maximum absolute atomic E-state index is 4.67. The van der Waals surface area contributed by atoms with Gasteiger partial charge in [0, 0.05) is 50.9 Å². The second-order valence-corrected chi connectivity index (χ2v) is 7.84. The van der Waals surface area contributed by atoms with Gasteiger partial charge in [-0.05, 0) is 33.4 Å². The summed E-state index contributed by atoms with van der Waals surface area (Å²) in [5.74, 6) is 1.70. The van der Waals surface area contributed by atoms with Crippen molar-refractivity contribution < 1.29 is 0 Å². The Morgan fingerprint density at radius 2 is 2.21 bits per heavy atom. The van der Waals surface area contributed by atoms with Crippen molar-refractivity contribution in [3.8, 4) is 0 Å². The molecule has 1 fully saturated rings. The molecule has 132 valence electrons. The summed E-state index contributed by atoms with van der Waals surface area (Å²) >= 11 is 1.75. The van der Waals surface area contributed by atoms with E-state index in [1.165, 1.54) is 18.7 Å². The van der Waals surface area contributed by atoms with Crippen molar-refractivity contribution in [1.82, 2.24) is 24.6 Å². The van der Waals surface area contributed by atoms with E-state index in [-0.39, 0.29) is 0 Å². The van der Waals surface area contributed by atoms with Crippen molar-refractivity contribution in [2.45, 2.75) is 45.1 Å². The molecule has 0 bridgehead atoms. The molecular formula is C17H28N6S. The molecule has 24 heavy (non-hydrogen) atoms. The van der Waals surface area contributed by atoms with Crippen LogP contribution >= 0.6 is 11.3 Å². The second kappa shape index (κ2) is 8.07. The molecule has 6 nitrogen and oxygen atoms in total. The zero-order valence-electron chi connectivity index (χ0n) is 15.0. The third kappa shape index (κ3) is 4.13. The van der Waals surface area contributed by atoms with Gasteiger partial charge in [-0.1, -0.05) is 18.3 Å². The highest BCUT2D eigenvalue weighted by Crippen LogP contribution is 2.31. The first-order chi connectivity index (χ1) is 11.7. The highest BCUT2D eigenvalue weighted by Gasteiger charge is 2.26. The molecule has 0 spiro atoms. The first-order valence-electron chi connectivity index (χ1n) is 8.90. The molecular weight excluding hydrogens is 320 g/mol. The molecule has 1 unspecified atom stereocenters. The minimum atomic E-state index is 0.481. The summed E-state index contributed by atoms with van der Waals surface area (Å²) in [4.78, 5) is 9.28. The standard InChI is InChI=1S/C17H28N6S/c1-4-6-15-19-20-17(24-15)23-9-5-7-14(13-23)16-18-8-10-22(16)12-11-21(2)3/h8,10,14H,4-7,9,11-13H2,1-3H3. The van der Waals surface area contributed by atoms with Crippen molar-refractivity contribution in [1.29, 1.82) is 0 Å². The molecule has 0 amide bonds. The van der Waals surface area contributed by atoms with Crippen LogP contribution in [-0.4, -0.2) is 58.4 Å². The molecule has 0 radical (unpaired) electrons. The molecule has 2 aromatic rings. The van der Waals surface area contributed by atoms with Crippen LogP contribution in [0.4, 0.5) is 5.13 Å². The lowest BCUT2D eigenvalue weighted by atomic mass is 9.97. The zero-order chi connectivity index (χ0) is 16.9. The Morgan fingerprint density at radius 1 is 1.33 bits per heavy atom. The Kier molecular flexibility index (Phi) is 5.84. The fourth-order valence-corrected chi connectivity index (χ4v) is 4.20. The molecule has 0 saturated carbocycles. The average Bonchev–Trinajstić information content (AvgIpc) is 3.22. The number of rotatable bonds is 7. The molecule has 1 aliphatic heterocycles. The number of aryl methyl sites for hydroxylation is 1. The van der Waals surface area contributed by atoms with E-state index in [4.69, 9.17) is 0 Å². The number of nitrogens with zero attached hydrogens (tertiary/aromatic N) is 6. The number of piperidine rings is 1. The molecule has 1 atom stereocenters. The van der Waals surface area contributed by atoms with Gasteiger partial charge in [0.2, 0.25) is 5.13 Å². The first kappa shape index (κ1) is 17.4. The molecule has 1 aliphatic rings. The van der Waals surface area contributed by atoms with E-state index in [1.54, 1.807) is 11.3 Å². The van der Waals surface area contributed by atoms with Crippen LogP contribution in [0.2, 0.25) is 0 Å². The van der Waals surface area contributed by atoms with Crippen LogP contribution in [0.25, 0.3) is 0 Å². The number of aromatic nitrogens is 4. The van der Waals surface area contributed by atoms with E-state index in [9.17, 15) is 0 Å². The third-order valence-electron chi connectivity index (χ3n) is 4.51. The summed E-state index contributed by atoms with van der Waals surface area (Å²) < 4.78 is 2.32. The highest BCUT2D eigenvalue weighted by atomic mass is 32.1. The largest absolute Gasteiger partial charge is 0.346 e. The highest BCUT2D eigenvalue weighted by molar-refractivity contribution is 7.15. The van der Waals surface area contributed by atoms with Gasteiger partial charge in [0.05, 0.1) is 0 Å². The average molecular weight is 349 g/mol. The van der Waals surface area contributed by atoms with Gasteiger partial charge in [-0.25, -0.2) is 4.98 Å². The Bertz CT molecular complexity index is 635. The smallest absolute Gasteiger partial charge is 0.208 e. The van der Waals surface area contributed by atoms with Crippen molar-refractivity contribution in [2.75, 3.05) is 38.6 Å². The van der Waals surface area contributed by atoms with Gasteiger partial charge in [-0.3, -0.25) is 0 Å². The van der Waals surface area contributed by atoms with E-state index in [2.05, 4.69) is 56.8 Å². The Balaban J connectivity index is 1.68. The van der Waals surface area contributed by atoms with E-state index in [0.29, 0.717) is 5.92 Å². The van der Waals surface area contributed by atoms with Crippen molar-refractivity contribution in [2.24, 2.45) is 0 Å². The maximum Gasteiger partial charge on any atom is 0.208 e. The number of hydrogen-bond donors (Lipinski definition) is 0. The van der Waals surface area contributed by atoms with Crippen molar-refractivity contribution in [3.63, 3.8) is 0 Å². The molecule has 3 rings (SSSR count). The summed E-state index contributed by atoms with van der Waals surface area (Å²) in [6.45, 7) is 6.30. The summed E-state index contributed by atoms with van der Waals surface area (Å²) in [6.07, 6.45) is 8.60. The molecule has 0 N–H and O–H groups in total. The fraction of sp³-hybridized carbons (Fsp3) is 0.706. The van der Waals surface area contributed by atoms with E-state index < -0.39 is 0 Å². The monoisotopic (exact) mass is 348 g/mol. The normalized spacial score (nSPS) is 18.5. The first-order valence-corrected chi connectivity index (χ1v) is 9.72. The lowest BCUT2D eigenvalue weighted by molar-refractivity contribution is 0.373. The molecule has 0 aliphatic carbocycles. The van der Waals surface area contributed by atoms with Crippen molar-refractivity contribution in [3.05, 3.63) is 23.2 Å². The van der Waals surface area contributed by atoms with E-state index in [0.717, 1.165) is 49.2 Å². The second-order valence-electron chi connectivity index (χ2n) is 6.80. The molecule has 2 aromatic heterocycles. The minimum Gasteiger partial charge on any atom is -0.346 e. The Labute approximate surface area is 148 Å². The van der Waals surface area contributed by atoms with Crippen molar-refractivity contribution >= 4 is 16.5 Å². The van der Waals surface area contributed by atoms with Gasteiger partial charge >= 0.3 is 0 Å². The van der Waals surface area contributed by atoms with Crippen LogP contribution in [0.1, 0.15) is 42.9 Å². The number of hydrogen-bond acceptors (Lipinski definition) is 6. The Hall–Kier alpha value is -1.47. The molecule has 0 aromatic carbocycles.